The van der Waals surface area contributed by atoms with Gasteiger partial charge < -0.3 is 24.6 Å². The minimum absolute atomic E-state index is 0.0380. The summed E-state index contributed by atoms with van der Waals surface area (Å²) in [4.78, 5) is 31.2. The molecule has 2 aromatic carbocycles. The number of hydrogen-bond acceptors (Lipinski definition) is 6. The molecule has 0 aliphatic carbocycles. The van der Waals surface area contributed by atoms with Crippen LogP contribution in [-0.2, 0) is 5.92 Å². The van der Waals surface area contributed by atoms with Crippen molar-refractivity contribution >= 4 is 17.7 Å². The quantitative estimate of drug-likeness (QED) is 0.368. The number of hydrogen-bond donors (Lipinski definition) is 1. The molecule has 224 valence electrons. The molecule has 0 saturated carbocycles. The second-order valence-corrected chi connectivity index (χ2v) is 11.0. The van der Waals surface area contributed by atoms with Crippen LogP contribution in [0.1, 0.15) is 60.6 Å². The number of nitrogens with one attached hydrogen (secondary N) is 1. The molecular weight excluding hydrogens is 544 g/mol. The first-order chi connectivity index (χ1) is 20.1. The molecule has 2 saturated heterocycles. The van der Waals surface area contributed by atoms with E-state index in [9.17, 15) is 18.4 Å². The SMILES string of the molecule is COc1ccc(-n2nc(C)c(C(=O)Nc3cccc(C(C)(F)F)c3)c2OC(=O)N2CCC(N3CCCCC3)CC2)cc1. The largest absolute Gasteiger partial charge is 0.497 e. The van der Waals surface area contributed by atoms with Crippen molar-refractivity contribution in [3.05, 3.63) is 65.4 Å². The molecule has 2 aliphatic rings. The Bertz CT molecular complexity index is 1410. The van der Waals surface area contributed by atoms with Crippen molar-refractivity contribution in [2.75, 3.05) is 38.6 Å². The Labute approximate surface area is 244 Å². The standard InChI is InChI=1S/C31H37F2N5O4/c1-21-27(28(39)34-23-9-7-8-22(20-23)31(2,32)33)29(38(35-21)25-10-12-26(41-3)13-11-25)42-30(40)37-18-14-24(15-19-37)36-16-5-4-6-17-36/h7-13,20,24H,4-6,14-19H2,1-3H3,(H,34,39). The molecule has 0 spiro atoms. The first kappa shape index (κ1) is 29.5. The van der Waals surface area contributed by atoms with Crippen LogP contribution in [0, 0.1) is 6.92 Å². The summed E-state index contributed by atoms with van der Waals surface area (Å²) in [7, 11) is 1.56. The van der Waals surface area contributed by atoms with Gasteiger partial charge in [0.05, 0.1) is 18.5 Å². The van der Waals surface area contributed by atoms with Crippen LogP contribution in [0.25, 0.3) is 5.69 Å². The summed E-state index contributed by atoms with van der Waals surface area (Å²) < 4.78 is 40.4. The minimum atomic E-state index is -3.07. The van der Waals surface area contributed by atoms with Gasteiger partial charge in [-0.3, -0.25) is 4.79 Å². The number of anilines is 1. The topological polar surface area (TPSA) is 88.9 Å². The van der Waals surface area contributed by atoms with Gasteiger partial charge in [-0.05, 0) is 82.1 Å². The number of piperidine rings is 2. The molecule has 11 heteroatoms. The van der Waals surface area contributed by atoms with E-state index in [-0.39, 0.29) is 22.7 Å². The van der Waals surface area contributed by atoms with Crippen LogP contribution in [0.5, 0.6) is 11.6 Å². The number of likely N-dealkylation sites (tertiary alicyclic amines) is 2. The third-order valence-electron chi connectivity index (χ3n) is 8.00. The average molecular weight is 582 g/mol. The Balaban J connectivity index is 1.40. The van der Waals surface area contributed by atoms with E-state index in [1.54, 1.807) is 43.2 Å². The van der Waals surface area contributed by atoms with Gasteiger partial charge in [0.15, 0.2) is 0 Å². The van der Waals surface area contributed by atoms with E-state index in [2.05, 4.69) is 15.3 Å². The molecule has 9 nitrogen and oxygen atoms in total. The fourth-order valence-corrected chi connectivity index (χ4v) is 5.67. The van der Waals surface area contributed by atoms with E-state index in [1.807, 2.05) is 0 Å². The van der Waals surface area contributed by atoms with Gasteiger partial charge in [0.2, 0.25) is 5.88 Å². The van der Waals surface area contributed by atoms with Crippen molar-refractivity contribution in [1.29, 1.82) is 0 Å². The van der Waals surface area contributed by atoms with Crippen LogP contribution in [-0.4, -0.2) is 70.9 Å². The van der Waals surface area contributed by atoms with Gasteiger partial charge in [-0.1, -0.05) is 18.6 Å². The van der Waals surface area contributed by atoms with Crippen LogP contribution in [0.2, 0.25) is 0 Å². The first-order valence-corrected chi connectivity index (χ1v) is 14.4. The average Bonchev–Trinajstić information content (AvgIpc) is 3.32. The lowest BCUT2D eigenvalue weighted by Gasteiger charge is -2.39. The summed E-state index contributed by atoms with van der Waals surface area (Å²) >= 11 is 0. The van der Waals surface area contributed by atoms with Crippen LogP contribution < -0.4 is 14.8 Å². The maximum atomic E-state index is 13.9. The highest BCUT2D eigenvalue weighted by molar-refractivity contribution is 6.07. The number of benzene rings is 2. The number of aryl methyl sites for hydroxylation is 1. The smallest absolute Gasteiger partial charge is 0.416 e. The number of halogens is 2. The molecule has 0 bridgehead atoms. The van der Waals surface area contributed by atoms with Gasteiger partial charge in [0, 0.05) is 37.3 Å². The summed E-state index contributed by atoms with van der Waals surface area (Å²) in [6.07, 6.45) is 4.85. The Hall–Kier alpha value is -3.99. The predicted molar refractivity (Wildman–Crippen MR) is 155 cm³/mol. The normalized spacial score (nSPS) is 16.7. The number of rotatable bonds is 7. The van der Waals surface area contributed by atoms with E-state index >= 15 is 0 Å². The summed E-state index contributed by atoms with van der Waals surface area (Å²) in [6, 6.07) is 12.9. The third-order valence-corrected chi connectivity index (χ3v) is 8.00. The zero-order chi connectivity index (χ0) is 29.9. The maximum Gasteiger partial charge on any atom is 0.416 e. The van der Waals surface area contributed by atoms with Crippen LogP contribution in [0.4, 0.5) is 19.3 Å². The molecular formula is C31H37F2N5O4. The van der Waals surface area contributed by atoms with Crippen molar-refractivity contribution in [2.24, 2.45) is 0 Å². The van der Waals surface area contributed by atoms with Gasteiger partial charge in [0.1, 0.15) is 11.3 Å². The summed E-state index contributed by atoms with van der Waals surface area (Å²) in [6.45, 7) is 5.74. The van der Waals surface area contributed by atoms with Gasteiger partial charge in [-0.2, -0.15) is 9.78 Å². The van der Waals surface area contributed by atoms with Gasteiger partial charge in [-0.25, -0.2) is 13.6 Å². The molecule has 0 unspecified atom stereocenters. The monoisotopic (exact) mass is 581 g/mol. The molecule has 2 aliphatic heterocycles. The van der Waals surface area contributed by atoms with Gasteiger partial charge >= 0.3 is 6.09 Å². The molecule has 5 rings (SSSR count). The Kier molecular flexibility index (Phi) is 8.77. The van der Waals surface area contributed by atoms with Crippen molar-refractivity contribution in [1.82, 2.24) is 19.6 Å². The third kappa shape index (κ3) is 6.56. The van der Waals surface area contributed by atoms with Gasteiger partial charge in [0.25, 0.3) is 11.8 Å². The Morgan fingerprint density at radius 2 is 1.69 bits per heavy atom. The van der Waals surface area contributed by atoms with E-state index in [0.717, 1.165) is 32.9 Å². The van der Waals surface area contributed by atoms with E-state index in [0.29, 0.717) is 36.3 Å². The van der Waals surface area contributed by atoms with Crippen molar-refractivity contribution < 1.29 is 27.8 Å². The summed E-state index contributed by atoms with van der Waals surface area (Å²) in [5.41, 5.74) is 0.860. The number of carbonyl (C=O) groups is 2. The zero-order valence-corrected chi connectivity index (χ0v) is 24.2. The Morgan fingerprint density at radius 1 is 1.00 bits per heavy atom. The number of amides is 2. The molecule has 1 aromatic heterocycles. The van der Waals surface area contributed by atoms with Gasteiger partial charge in [-0.15, -0.1) is 0 Å². The van der Waals surface area contributed by atoms with Crippen LogP contribution in [0.3, 0.4) is 0 Å². The second-order valence-electron chi connectivity index (χ2n) is 11.0. The van der Waals surface area contributed by atoms with Crippen molar-refractivity contribution in [2.45, 2.75) is 57.9 Å². The van der Waals surface area contributed by atoms with Crippen LogP contribution in [0.15, 0.2) is 48.5 Å². The fraction of sp³-hybridized carbons (Fsp3) is 0.452. The first-order valence-electron chi connectivity index (χ1n) is 14.4. The lowest BCUT2D eigenvalue weighted by atomic mass is 10.0. The molecule has 42 heavy (non-hydrogen) atoms. The summed E-state index contributed by atoms with van der Waals surface area (Å²) in [5, 5.41) is 7.19. The number of carbonyl (C=O) groups excluding carboxylic acids is 2. The van der Waals surface area contributed by atoms with Crippen LogP contribution >= 0.6 is 0 Å². The molecule has 3 heterocycles. The lowest BCUT2D eigenvalue weighted by molar-refractivity contribution is 0.0175. The van der Waals surface area contributed by atoms with E-state index in [1.165, 1.54) is 48.2 Å². The predicted octanol–water partition coefficient (Wildman–Crippen LogP) is 6.00. The maximum absolute atomic E-state index is 13.9. The highest BCUT2D eigenvalue weighted by atomic mass is 19.3. The molecule has 2 fully saturated rings. The fourth-order valence-electron chi connectivity index (χ4n) is 5.67. The minimum Gasteiger partial charge on any atom is -0.497 e. The highest BCUT2D eigenvalue weighted by Crippen LogP contribution is 2.31. The highest BCUT2D eigenvalue weighted by Gasteiger charge is 2.32. The molecule has 3 aromatic rings. The zero-order valence-electron chi connectivity index (χ0n) is 24.2. The number of methoxy groups -OCH3 is 1. The Morgan fingerprint density at radius 3 is 2.33 bits per heavy atom. The number of aromatic nitrogens is 2. The summed E-state index contributed by atoms with van der Waals surface area (Å²) in [5.74, 6) is -3.12. The van der Waals surface area contributed by atoms with Crippen molar-refractivity contribution in [3.63, 3.8) is 0 Å². The molecule has 2 amide bonds. The molecule has 0 radical (unpaired) electrons. The lowest BCUT2D eigenvalue weighted by Crippen LogP contribution is -2.48. The number of ether oxygens (including phenoxy) is 2. The van der Waals surface area contributed by atoms with Crippen molar-refractivity contribution in [3.8, 4) is 17.3 Å². The molecule has 0 atom stereocenters. The van der Waals surface area contributed by atoms with E-state index < -0.39 is 17.9 Å². The second kappa shape index (κ2) is 12.5. The number of alkyl halides is 2. The number of nitrogens with zero attached hydrogens (tertiary/aromatic N) is 4. The van der Waals surface area contributed by atoms with E-state index in [4.69, 9.17) is 9.47 Å². The molecule has 1 N–H and O–H groups in total.